The lowest BCUT2D eigenvalue weighted by Gasteiger charge is -2.33. The quantitative estimate of drug-likeness (QED) is 0.276. The third-order valence-electron chi connectivity index (χ3n) is 8.59. The van der Waals surface area contributed by atoms with E-state index in [1.165, 1.54) is 18.4 Å². The van der Waals surface area contributed by atoms with E-state index in [1.54, 1.807) is 31.5 Å². The molecule has 5 rings (SSSR count). The van der Waals surface area contributed by atoms with Crippen LogP contribution < -0.4 is 4.74 Å². The molecule has 210 valence electrons. The van der Waals surface area contributed by atoms with Crippen molar-refractivity contribution in [1.82, 2.24) is 14.5 Å². The van der Waals surface area contributed by atoms with Crippen molar-refractivity contribution in [2.75, 3.05) is 33.4 Å². The maximum absolute atomic E-state index is 13.4. The van der Waals surface area contributed by atoms with Crippen molar-refractivity contribution in [2.24, 2.45) is 13.0 Å². The number of nitrogens with zero attached hydrogens (tertiary/aromatic N) is 4. The van der Waals surface area contributed by atoms with Crippen LogP contribution in [0.25, 0.3) is 11.0 Å². The molecule has 1 saturated carbocycles. The van der Waals surface area contributed by atoms with Crippen LogP contribution in [0, 0.1) is 24.2 Å². The maximum Gasteiger partial charge on any atom is 0.225 e. The van der Waals surface area contributed by atoms with Gasteiger partial charge in [-0.25, -0.2) is 4.98 Å². The van der Waals surface area contributed by atoms with Gasteiger partial charge in [-0.2, -0.15) is 5.26 Å². The van der Waals surface area contributed by atoms with E-state index < -0.39 is 0 Å². The average molecular weight is 543 g/mol. The Labute approximate surface area is 235 Å². The van der Waals surface area contributed by atoms with Crippen LogP contribution in [0.1, 0.15) is 77.1 Å². The number of benzene rings is 1. The molecule has 1 aromatic carbocycles. The Balaban J connectivity index is 1.35. The molecule has 0 atom stereocenters. The summed E-state index contributed by atoms with van der Waals surface area (Å²) in [6.45, 7) is 4.42. The van der Waals surface area contributed by atoms with E-state index in [1.807, 2.05) is 7.05 Å². The fraction of sp³-hybridized carbons (Fsp3) is 0.500. The molecule has 3 heterocycles. The number of likely N-dealkylation sites (tertiary alicyclic amines) is 1. The lowest BCUT2D eigenvalue weighted by molar-refractivity contribution is -0.136. The molecule has 0 unspecified atom stereocenters. The van der Waals surface area contributed by atoms with Gasteiger partial charge >= 0.3 is 0 Å². The van der Waals surface area contributed by atoms with Crippen LogP contribution in [0.15, 0.2) is 30.6 Å². The molecule has 1 aliphatic heterocycles. The number of fused-ring (bicyclic) bond motifs is 1. The summed E-state index contributed by atoms with van der Waals surface area (Å²) < 4.78 is 12.8. The number of amides is 1. The van der Waals surface area contributed by atoms with Gasteiger partial charge in [0.25, 0.3) is 0 Å². The standard InChI is InChI=1S/C32H38N4O4/c1-21-26(17-29(37)25-14-22(18-33)15-27(16-25)40-13-12-39-3)19-34-31-30(21)28(20-35(31)2)23-8-10-36(11-9-23)32(38)24-6-4-5-7-24/h14-16,19-20,23-24H,4-13,17H2,1-3H3. The van der Waals surface area contributed by atoms with Gasteiger partial charge in [-0.3, -0.25) is 9.59 Å². The first-order valence-electron chi connectivity index (χ1n) is 14.3. The second kappa shape index (κ2) is 12.2. The van der Waals surface area contributed by atoms with Crippen molar-refractivity contribution in [2.45, 2.75) is 57.8 Å². The third kappa shape index (κ3) is 5.75. The zero-order valence-corrected chi connectivity index (χ0v) is 23.7. The predicted octanol–water partition coefficient (Wildman–Crippen LogP) is 5.10. The maximum atomic E-state index is 13.4. The lowest BCUT2D eigenvalue weighted by Crippen LogP contribution is -2.40. The van der Waals surface area contributed by atoms with E-state index >= 15 is 0 Å². The van der Waals surface area contributed by atoms with Crippen LogP contribution in [0.2, 0.25) is 0 Å². The molecule has 0 bridgehead atoms. The smallest absolute Gasteiger partial charge is 0.225 e. The highest BCUT2D eigenvalue weighted by Crippen LogP contribution is 2.37. The molecule has 8 nitrogen and oxygen atoms in total. The topological polar surface area (TPSA) is 97.5 Å². The molecule has 2 fully saturated rings. The number of carbonyl (C=O) groups excluding carboxylic acids is 2. The SMILES string of the molecule is COCCOc1cc(C#N)cc(C(=O)Cc2cnc3c(c(C4CCN(C(=O)C5CCCC5)CC4)cn3C)c2C)c1. The highest BCUT2D eigenvalue weighted by atomic mass is 16.5. The van der Waals surface area contributed by atoms with Crippen molar-refractivity contribution in [3.63, 3.8) is 0 Å². The van der Waals surface area contributed by atoms with Crippen molar-refractivity contribution in [1.29, 1.82) is 5.26 Å². The van der Waals surface area contributed by atoms with Crippen molar-refractivity contribution in [3.8, 4) is 11.8 Å². The van der Waals surface area contributed by atoms with Crippen LogP contribution in [-0.4, -0.2) is 59.6 Å². The molecule has 1 saturated heterocycles. The third-order valence-corrected chi connectivity index (χ3v) is 8.59. The number of rotatable bonds is 9. The molecule has 2 aliphatic rings. The van der Waals surface area contributed by atoms with Gasteiger partial charge in [-0.1, -0.05) is 12.8 Å². The Morgan fingerprint density at radius 2 is 1.85 bits per heavy atom. The summed E-state index contributed by atoms with van der Waals surface area (Å²) in [4.78, 5) is 33.2. The van der Waals surface area contributed by atoms with E-state index in [0.29, 0.717) is 41.9 Å². The monoisotopic (exact) mass is 542 g/mol. The molecular formula is C32H38N4O4. The van der Waals surface area contributed by atoms with Gasteiger partial charge in [-0.15, -0.1) is 0 Å². The van der Waals surface area contributed by atoms with Crippen LogP contribution in [0.3, 0.4) is 0 Å². The average Bonchev–Trinajstić information content (AvgIpc) is 3.63. The minimum Gasteiger partial charge on any atom is -0.491 e. The normalized spacial score (nSPS) is 16.4. The summed E-state index contributed by atoms with van der Waals surface area (Å²) >= 11 is 0. The first-order chi connectivity index (χ1) is 19.4. The second-order valence-corrected chi connectivity index (χ2v) is 11.2. The molecule has 3 aromatic rings. The molecule has 8 heteroatoms. The van der Waals surface area contributed by atoms with Crippen LogP contribution in [0.4, 0.5) is 0 Å². The number of hydrogen-bond donors (Lipinski definition) is 0. The second-order valence-electron chi connectivity index (χ2n) is 11.2. The van der Waals surface area contributed by atoms with Crippen LogP contribution in [-0.2, 0) is 23.0 Å². The van der Waals surface area contributed by atoms with Gasteiger partial charge in [0.2, 0.25) is 5.91 Å². The number of aromatic nitrogens is 2. The summed E-state index contributed by atoms with van der Waals surface area (Å²) in [5.41, 5.74) is 4.93. The van der Waals surface area contributed by atoms with Gasteiger partial charge in [0, 0.05) is 62.9 Å². The zero-order valence-electron chi connectivity index (χ0n) is 23.7. The molecule has 40 heavy (non-hydrogen) atoms. The summed E-state index contributed by atoms with van der Waals surface area (Å²) in [5.74, 6) is 1.31. The van der Waals surface area contributed by atoms with Gasteiger partial charge in [0.05, 0.1) is 18.2 Å². The Bertz CT molecular complexity index is 1440. The Hall–Kier alpha value is -3.70. The fourth-order valence-corrected chi connectivity index (χ4v) is 6.33. The van der Waals surface area contributed by atoms with E-state index in [9.17, 15) is 14.9 Å². The first-order valence-corrected chi connectivity index (χ1v) is 14.3. The highest BCUT2D eigenvalue weighted by molar-refractivity contribution is 5.99. The molecule has 2 aromatic heterocycles. The number of hydrogen-bond acceptors (Lipinski definition) is 6. The molecular weight excluding hydrogens is 504 g/mol. The molecule has 0 N–H and O–H groups in total. The van der Waals surface area contributed by atoms with Crippen LogP contribution in [0.5, 0.6) is 5.75 Å². The molecule has 1 amide bonds. The predicted molar refractivity (Wildman–Crippen MR) is 153 cm³/mol. The minimum absolute atomic E-state index is 0.0887. The molecule has 0 radical (unpaired) electrons. The summed E-state index contributed by atoms with van der Waals surface area (Å²) in [6.07, 6.45) is 10.5. The number of Topliss-reactive ketones (excluding diaryl/α,β-unsaturated/α-hetero) is 1. The number of piperidine rings is 1. The van der Waals surface area contributed by atoms with E-state index in [0.717, 1.165) is 60.9 Å². The summed E-state index contributed by atoms with van der Waals surface area (Å²) in [7, 11) is 3.61. The Morgan fingerprint density at radius 1 is 1.10 bits per heavy atom. The first kappa shape index (κ1) is 27.9. The van der Waals surface area contributed by atoms with E-state index in [4.69, 9.17) is 14.5 Å². The largest absolute Gasteiger partial charge is 0.491 e. The minimum atomic E-state index is -0.0887. The molecule has 0 spiro atoms. The van der Waals surface area contributed by atoms with Crippen molar-refractivity contribution < 1.29 is 19.1 Å². The number of pyridine rings is 1. The van der Waals surface area contributed by atoms with Crippen molar-refractivity contribution >= 4 is 22.7 Å². The van der Waals surface area contributed by atoms with Gasteiger partial charge in [0.15, 0.2) is 5.78 Å². The van der Waals surface area contributed by atoms with Crippen LogP contribution >= 0.6 is 0 Å². The Kier molecular flexibility index (Phi) is 8.51. The number of aryl methyl sites for hydroxylation is 2. The van der Waals surface area contributed by atoms with Gasteiger partial charge < -0.3 is 18.9 Å². The van der Waals surface area contributed by atoms with Gasteiger partial charge in [-0.05, 0) is 73.4 Å². The molecule has 1 aliphatic carbocycles. The summed E-state index contributed by atoms with van der Waals surface area (Å²) in [6, 6.07) is 7.06. The number of ketones is 1. The van der Waals surface area contributed by atoms with E-state index in [-0.39, 0.29) is 18.1 Å². The number of nitriles is 1. The Morgan fingerprint density at radius 3 is 2.55 bits per heavy atom. The fourth-order valence-electron chi connectivity index (χ4n) is 6.33. The number of ether oxygens (including phenoxy) is 2. The summed E-state index contributed by atoms with van der Waals surface area (Å²) in [5, 5.41) is 10.6. The zero-order chi connectivity index (χ0) is 28.2. The van der Waals surface area contributed by atoms with Gasteiger partial charge in [0.1, 0.15) is 18.0 Å². The number of methoxy groups -OCH3 is 1. The lowest BCUT2D eigenvalue weighted by atomic mass is 9.87. The number of carbonyl (C=O) groups is 2. The highest BCUT2D eigenvalue weighted by Gasteiger charge is 2.31. The van der Waals surface area contributed by atoms with E-state index in [2.05, 4.69) is 28.7 Å². The van der Waals surface area contributed by atoms with Crippen molar-refractivity contribution in [3.05, 3.63) is 58.4 Å².